The van der Waals surface area contributed by atoms with Crippen molar-refractivity contribution in [2.45, 2.75) is 0 Å². The zero-order valence-corrected chi connectivity index (χ0v) is 19.2. The van der Waals surface area contributed by atoms with Crippen LogP contribution in [0, 0.1) is 41.0 Å². The maximum absolute atomic E-state index is 14.3. The number of benzene rings is 4. The average Bonchev–Trinajstić information content (AvgIpc) is 2.81. The SMILES string of the molecule is Fc1c(F)c(F)c(P(c2ccccc2)c2ccccc2)c(F)c1F.Fc1cc[c-]cc1.[Au+]. The van der Waals surface area contributed by atoms with E-state index in [-0.39, 0.29) is 28.2 Å². The third kappa shape index (κ3) is 5.90. The van der Waals surface area contributed by atoms with Gasteiger partial charge in [0.15, 0.2) is 23.3 Å². The van der Waals surface area contributed by atoms with Gasteiger partial charge >= 0.3 is 22.4 Å². The molecule has 8 heteroatoms. The van der Waals surface area contributed by atoms with Crippen LogP contribution in [-0.2, 0) is 22.4 Å². The number of halogens is 6. The Hall–Kier alpha value is -2.37. The van der Waals surface area contributed by atoms with Gasteiger partial charge in [-0.15, -0.1) is 12.1 Å². The molecule has 0 heterocycles. The Morgan fingerprint density at radius 3 is 1.22 bits per heavy atom. The molecule has 32 heavy (non-hydrogen) atoms. The molecule has 0 aliphatic heterocycles. The first-order valence-corrected chi connectivity index (χ1v) is 10.3. The molecule has 0 fully saturated rings. The van der Waals surface area contributed by atoms with Crippen LogP contribution < -0.4 is 15.9 Å². The van der Waals surface area contributed by atoms with Crippen molar-refractivity contribution >= 4 is 23.8 Å². The summed E-state index contributed by atoms with van der Waals surface area (Å²) in [5, 5.41) is 0.183. The zero-order valence-electron chi connectivity index (χ0n) is 16.1. The molecule has 0 amide bonds. The fraction of sp³-hybridized carbons (Fsp3) is 0. The van der Waals surface area contributed by atoms with Gasteiger partial charge in [0.1, 0.15) is 0 Å². The van der Waals surface area contributed by atoms with E-state index in [1.54, 1.807) is 60.7 Å². The monoisotopic (exact) mass is 644 g/mol. The summed E-state index contributed by atoms with van der Waals surface area (Å²) in [5.41, 5.74) is 0. The van der Waals surface area contributed by atoms with Crippen LogP contribution in [-0.4, -0.2) is 0 Å². The Morgan fingerprint density at radius 2 is 0.875 bits per heavy atom. The van der Waals surface area contributed by atoms with Crippen molar-refractivity contribution in [3.05, 3.63) is 126 Å². The van der Waals surface area contributed by atoms with Crippen molar-refractivity contribution in [1.82, 2.24) is 0 Å². The van der Waals surface area contributed by atoms with E-state index >= 15 is 0 Å². The smallest absolute Gasteiger partial charge is 0.236 e. The molecule has 4 rings (SSSR count). The maximum atomic E-state index is 14.3. The first kappa shape index (κ1) is 25.9. The third-order valence-corrected chi connectivity index (χ3v) is 6.59. The molecule has 0 saturated heterocycles. The van der Waals surface area contributed by atoms with Crippen LogP contribution in [0.5, 0.6) is 0 Å². The minimum Gasteiger partial charge on any atom is -0.236 e. The second-order valence-corrected chi connectivity index (χ2v) is 8.29. The van der Waals surface area contributed by atoms with Crippen LogP contribution in [0.15, 0.2) is 84.9 Å². The van der Waals surface area contributed by atoms with E-state index in [9.17, 15) is 26.3 Å². The van der Waals surface area contributed by atoms with Crippen molar-refractivity contribution in [2.24, 2.45) is 0 Å². The predicted molar refractivity (Wildman–Crippen MR) is 110 cm³/mol. The molecule has 0 N–H and O–H groups in total. The molecule has 0 aliphatic rings. The van der Waals surface area contributed by atoms with Crippen LogP contribution in [0.2, 0.25) is 0 Å². The van der Waals surface area contributed by atoms with Crippen LogP contribution in [0.1, 0.15) is 0 Å². The summed E-state index contributed by atoms with van der Waals surface area (Å²) in [6, 6.07) is 24.9. The molecular weight excluding hydrogens is 630 g/mol. The molecular formula is C24H14AuF6P. The Morgan fingerprint density at radius 1 is 0.500 bits per heavy atom. The molecule has 4 aromatic carbocycles. The second-order valence-electron chi connectivity index (χ2n) is 6.14. The van der Waals surface area contributed by atoms with Crippen molar-refractivity contribution in [3.8, 4) is 0 Å². The molecule has 4 aromatic rings. The Kier molecular flexibility index (Phi) is 9.73. The summed E-state index contributed by atoms with van der Waals surface area (Å²) >= 11 is 0. The molecule has 0 atom stereocenters. The Bertz CT molecular complexity index is 1070. The van der Waals surface area contributed by atoms with Gasteiger partial charge in [0, 0.05) is 5.82 Å². The average molecular weight is 644 g/mol. The Balaban J connectivity index is 0.000000388. The standard InChI is InChI=1S/C18H10F5P.C6H4F.Au/c19-13-14(20)16(22)18(17(23)15(13)21)24(11-7-3-1-4-8-11)12-9-5-2-6-10-12;7-6-4-2-1-3-5-6;/h1-10H;2-5H;/q;-1;+1. The first-order chi connectivity index (χ1) is 14.9. The molecule has 0 aliphatic carbocycles. The van der Waals surface area contributed by atoms with Gasteiger partial charge in [-0.3, -0.25) is 0 Å². The summed E-state index contributed by atoms with van der Waals surface area (Å²) in [7, 11) is -1.93. The predicted octanol–water partition coefficient (Wildman–Crippen LogP) is 5.76. The van der Waals surface area contributed by atoms with Gasteiger partial charge in [-0.1, -0.05) is 60.7 Å². The minimum absolute atomic E-state index is 0. The third-order valence-electron chi connectivity index (χ3n) is 4.12. The van der Waals surface area contributed by atoms with Gasteiger partial charge in [-0.2, -0.15) is 18.2 Å². The van der Waals surface area contributed by atoms with Crippen LogP contribution in [0.25, 0.3) is 0 Å². The molecule has 0 spiro atoms. The van der Waals surface area contributed by atoms with Gasteiger partial charge < -0.3 is 0 Å². The summed E-state index contributed by atoms with van der Waals surface area (Å²) in [5.74, 6) is -9.79. The van der Waals surface area contributed by atoms with E-state index in [0.717, 1.165) is 0 Å². The molecule has 0 saturated carbocycles. The largest absolute Gasteiger partial charge is 1.00 e. The minimum atomic E-state index is -2.15. The van der Waals surface area contributed by atoms with Crippen molar-refractivity contribution < 1.29 is 48.7 Å². The number of rotatable bonds is 3. The van der Waals surface area contributed by atoms with Crippen molar-refractivity contribution in [2.75, 3.05) is 0 Å². The molecule has 0 bridgehead atoms. The van der Waals surface area contributed by atoms with E-state index < -0.39 is 42.3 Å². The number of hydrogen-bond acceptors (Lipinski definition) is 0. The second kappa shape index (κ2) is 12.0. The van der Waals surface area contributed by atoms with E-state index in [1.165, 1.54) is 24.3 Å². The zero-order chi connectivity index (χ0) is 22.4. The van der Waals surface area contributed by atoms with Crippen LogP contribution in [0.3, 0.4) is 0 Å². The normalized spacial score (nSPS) is 10.2. The van der Waals surface area contributed by atoms with E-state index in [4.69, 9.17) is 0 Å². The van der Waals surface area contributed by atoms with E-state index in [2.05, 4.69) is 6.07 Å². The first-order valence-electron chi connectivity index (χ1n) is 8.95. The molecule has 0 unspecified atom stereocenters. The van der Waals surface area contributed by atoms with Crippen molar-refractivity contribution in [1.29, 1.82) is 0 Å². The molecule has 0 aromatic heterocycles. The molecule has 0 nitrogen and oxygen atoms in total. The van der Waals surface area contributed by atoms with Crippen LogP contribution >= 0.6 is 7.92 Å². The summed E-state index contributed by atoms with van der Waals surface area (Å²) in [4.78, 5) is 0. The van der Waals surface area contributed by atoms with Gasteiger partial charge in [0.2, 0.25) is 5.82 Å². The van der Waals surface area contributed by atoms with Crippen molar-refractivity contribution in [3.63, 3.8) is 0 Å². The topological polar surface area (TPSA) is 0 Å². The molecule has 168 valence electrons. The van der Waals surface area contributed by atoms with Gasteiger partial charge in [-0.05, 0) is 18.5 Å². The number of hydrogen-bond donors (Lipinski definition) is 0. The maximum Gasteiger partial charge on any atom is 1.00 e. The summed E-state index contributed by atoms with van der Waals surface area (Å²) in [6.45, 7) is 0. The Labute approximate surface area is 198 Å². The quantitative estimate of drug-likeness (QED) is 0.0665. The van der Waals surface area contributed by atoms with Gasteiger partial charge in [-0.25, -0.2) is 26.3 Å². The van der Waals surface area contributed by atoms with Gasteiger partial charge in [0.25, 0.3) is 0 Å². The fourth-order valence-electron chi connectivity index (χ4n) is 2.72. The summed E-state index contributed by atoms with van der Waals surface area (Å²) in [6.07, 6.45) is 0. The molecule has 0 radical (unpaired) electrons. The van der Waals surface area contributed by atoms with Crippen LogP contribution in [0.4, 0.5) is 26.3 Å². The fourth-order valence-corrected chi connectivity index (χ4v) is 5.06. The van der Waals surface area contributed by atoms with Gasteiger partial charge in [0.05, 0.1) is 5.30 Å². The van der Waals surface area contributed by atoms with E-state index in [1.807, 2.05) is 0 Å². The summed E-state index contributed by atoms with van der Waals surface area (Å²) < 4.78 is 81.2. The van der Waals surface area contributed by atoms with E-state index in [0.29, 0.717) is 10.6 Å².